The molecule has 0 N–H and O–H groups in total. The van der Waals surface area contributed by atoms with Crippen LogP contribution in [0, 0.1) is 10.1 Å². The Morgan fingerprint density at radius 3 is 2.80 bits per heavy atom. The summed E-state index contributed by atoms with van der Waals surface area (Å²) in [5.41, 5.74) is 0.645. The number of benzene rings is 1. The summed E-state index contributed by atoms with van der Waals surface area (Å²) in [5.74, 6) is 0.448. The number of hydrogen-bond acceptors (Lipinski definition) is 3. The van der Waals surface area contributed by atoms with Gasteiger partial charge in [0.2, 0.25) is 0 Å². The fourth-order valence-corrected chi connectivity index (χ4v) is 2.20. The van der Waals surface area contributed by atoms with Crippen molar-refractivity contribution in [3.05, 3.63) is 73.9 Å². The molecule has 0 spiro atoms. The van der Waals surface area contributed by atoms with Gasteiger partial charge in [-0.05, 0) is 24.6 Å². The lowest BCUT2D eigenvalue weighted by Crippen LogP contribution is -2.08. The van der Waals surface area contributed by atoms with E-state index in [9.17, 15) is 10.1 Å². The van der Waals surface area contributed by atoms with Crippen LogP contribution < -0.4 is 4.74 Å². The van der Waals surface area contributed by atoms with E-state index in [0.717, 1.165) is 0 Å². The molecule has 0 heterocycles. The van der Waals surface area contributed by atoms with Gasteiger partial charge in [-0.15, -0.1) is 0 Å². The standard InChI is InChI=1S/C14H11Cl2NO3/c15-11-6-7-14(12(16)8-11)20-9-10-4-2-1-3-5-13(10)17(18)19/h1-3,5-8H,4,9H2. The average molecular weight is 312 g/mol. The van der Waals surface area contributed by atoms with E-state index in [2.05, 4.69) is 0 Å². The van der Waals surface area contributed by atoms with Gasteiger partial charge in [-0.25, -0.2) is 0 Å². The second kappa shape index (κ2) is 6.59. The molecule has 2 rings (SSSR count). The fourth-order valence-electron chi connectivity index (χ4n) is 1.74. The molecule has 6 heteroatoms. The first kappa shape index (κ1) is 14.6. The van der Waals surface area contributed by atoms with Gasteiger partial charge in [0.05, 0.1) is 9.95 Å². The smallest absolute Gasteiger partial charge is 0.272 e. The van der Waals surface area contributed by atoms with Crippen molar-refractivity contribution in [2.75, 3.05) is 6.61 Å². The molecule has 20 heavy (non-hydrogen) atoms. The van der Waals surface area contributed by atoms with Crippen LogP contribution in [0.5, 0.6) is 5.75 Å². The van der Waals surface area contributed by atoms with Crippen molar-refractivity contribution in [2.24, 2.45) is 0 Å². The second-order valence-electron chi connectivity index (χ2n) is 4.10. The predicted molar refractivity (Wildman–Crippen MR) is 78.9 cm³/mol. The Labute approximate surface area is 126 Å². The van der Waals surface area contributed by atoms with Gasteiger partial charge in [0.1, 0.15) is 12.4 Å². The topological polar surface area (TPSA) is 52.4 Å². The molecule has 1 aromatic carbocycles. The van der Waals surface area contributed by atoms with E-state index in [1.54, 1.807) is 30.4 Å². The van der Waals surface area contributed by atoms with E-state index in [1.807, 2.05) is 6.08 Å². The van der Waals surface area contributed by atoms with Gasteiger partial charge >= 0.3 is 0 Å². The lowest BCUT2D eigenvalue weighted by atomic mass is 10.1. The Morgan fingerprint density at radius 2 is 2.10 bits per heavy atom. The number of nitro groups is 1. The fraction of sp³-hybridized carbons (Fsp3) is 0.143. The molecule has 0 amide bonds. The lowest BCUT2D eigenvalue weighted by Gasteiger charge is -2.09. The van der Waals surface area contributed by atoms with Gasteiger partial charge in [0.15, 0.2) is 0 Å². The Hall–Kier alpha value is -1.78. The number of nitrogens with zero attached hydrogens (tertiary/aromatic N) is 1. The van der Waals surface area contributed by atoms with Crippen LogP contribution in [-0.4, -0.2) is 11.5 Å². The maximum absolute atomic E-state index is 11.0. The SMILES string of the molecule is O=[N+]([O-])C1=C(COc2ccc(Cl)cc2Cl)CC=CC=C1. The molecular weight excluding hydrogens is 301 g/mol. The molecule has 0 atom stereocenters. The van der Waals surface area contributed by atoms with E-state index >= 15 is 0 Å². The number of ether oxygens (including phenoxy) is 1. The summed E-state index contributed by atoms with van der Waals surface area (Å²) in [5, 5.41) is 11.9. The molecule has 0 aromatic heterocycles. The quantitative estimate of drug-likeness (QED) is 0.611. The third kappa shape index (κ3) is 3.62. The van der Waals surface area contributed by atoms with Crippen molar-refractivity contribution < 1.29 is 9.66 Å². The highest BCUT2D eigenvalue weighted by molar-refractivity contribution is 6.35. The first-order valence-corrected chi connectivity index (χ1v) is 6.61. The Balaban J connectivity index is 2.17. The summed E-state index contributed by atoms with van der Waals surface area (Å²) < 4.78 is 5.55. The lowest BCUT2D eigenvalue weighted by molar-refractivity contribution is -0.420. The van der Waals surface area contributed by atoms with Gasteiger partial charge < -0.3 is 4.74 Å². The number of hydrogen-bond donors (Lipinski definition) is 0. The highest BCUT2D eigenvalue weighted by atomic mass is 35.5. The largest absolute Gasteiger partial charge is 0.487 e. The van der Waals surface area contributed by atoms with Crippen molar-refractivity contribution >= 4 is 23.2 Å². The van der Waals surface area contributed by atoms with E-state index in [1.165, 1.54) is 6.08 Å². The summed E-state index contributed by atoms with van der Waals surface area (Å²) in [6.45, 7) is 0.104. The highest BCUT2D eigenvalue weighted by Crippen LogP contribution is 2.28. The molecule has 0 bridgehead atoms. The molecule has 0 unspecified atom stereocenters. The van der Waals surface area contributed by atoms with Gasteiger partial charge in [-0.3, -0.25) is 10.1 Å². The van der Waals surface area contributed by atoms with Crippen LogP contribution in [0.15, 0.2) is 53.8 Å². The molecule has 4 nitrogen and oxygen atoms in total. The van der Waals surface area contributed by atoms with Gasteiger partial charge in [-0.2, -0.15) is 0 Å². The van der Waals surface area contributed by atoms with Crippen LogP contribution in [0.2, 0.25) is 10.0 Å². The summed E-state index contributed by atoms with van der Waals surface area (Å²) in [4.78, 5) is 10.6. The Morgan fingerprint density at radius 1 is 1.30 bits per heavy atom. The number of allylic oxidation sites excluding steroid dienone is 4. The third-order valence-corrected chi connectivity index (χ3v) is 3.25. The van der Waals surface area contributed by atoms with Crippen molar-refractivity contribution in [3.8, 4) is 5.75 Å². The van der Waals surface area contributed by atoms with Crippen molar-refractivity contribution in [2.45, 2.75) is 6.42 Å². The molecule has 1 aliphatic rings. The number of halogens is 2. The summed E-state index contributed by atoms with van der Waals surface area (Å²) in [7, 11) is 0. The monoisotopic (exact) mass is 311 g/mol. The molecule has 0 saturated heterocycles. The third-order valence-electron chi connectivity index (χ3n) is 2.72. The van der Waals surface area contributed by atoms with Gasteiger partial charge in [-0.1, -0.05) is 41.4 Å². The van der Waals surface area contributed by atoms with Crippen molar-refractivity contribution in [3.63, 3.8) is 0 Å². The zero-order chi connectivity index (χ0) is 14.5. The maximum Gasteiger partial charge on any atom is 0.272 e. The van der Waals surface area contributed by atoms with Gasteiger partial charge in [0, 0.05) is 16.7 Å². The Bertz CT molecular complexity index is 621. The van der Waals surface area contributed by atoms with Crippen molar-refractivity contribution in [1.29, 1.82) is 0 Å². The molecular formula is C14H11Cl2NO3. The molecule has 1 aliphatic carbocycles. The Kier molecular flexibility index (Phi) is 4.82. The van der Waals surface area contributed by atoms with Crippen LogP contribution in [0.1, 0.15) is 6.42 Å². The minimum Gasteiger partial charge on any atom is -0.487 e. The zero-order valence-corrected chi connectivity index (χ0v) is 11.9. The molecule has 0 fully saturated rings. The van der Waals surface area contributed by atoms with Crippen LogP contribution in [0.3, 0.4) is 0 Å². The minimum absolute atomic E-state index is 0.0556. The van der Waals surface area contributed by atoms with Crippen LogP contribution >= 0.6 is 23.2 Å². The highest BCUT2D eigenvalue weighted by Gasteiger charge is 2.16. The van der Waals surface area contributed by atoms with E-state index < -0.39 is 4.92 Å². The van der Waals surface area contributed by atoms with Crippen LogP contribution in [0.4, 0.5) is 0 Å². The summed E-state index contributed by atoms with van der Waals surface area (Å²) in [6, 6.07) is 4.85. The summed E-state index contributed by atoms with van der Waals surface area (Å²) >= 11 is 11.8. The maximum atomic E-state index is 11.0. The summed E-state index contributed by atoms with van der Waals surface area (Å²) in [6.07, 6.45) is 7.18. The van der Waals surface area contributed by atoms with E-state index in [4.69, 9.17) is 27.9 Å². The van der Waals surface area contributed by atoms with Crippen LogP contribution in [0.25, 0.3) is 0 Å². The second-order valence-corrected chi connectivity index (χ2v) is 4.94. The predicted octanol–water partition coefficient (Wildman–Crippen LogP) is 4.42. The zero-order valence-electron chi connectivity index (χ0n) is 10.4. The first-order chi connectivity index (χ1) is 9.58. The molecule has 0 aliphatic heterocycles. The van der Waals surface area contributed by atoms with Crippen molar-refractivity contribution in [1.82, 2.24) is 0 Å². The average Bonchev–Trinajstić information content (AvgIpc) is 2.63. The molecule has 104 valence electrons. The van der Waals surface area contributed by atoms with Crippen LogP contribution in [-0.2, 0) is 0 Å². The van der Waals surface area contributed by atoms with E-state index in [0.29, 0.717) is 27.8 Å². The number of rotatable bonds is 4. The normalized spacial score (nSPS) is 14.3. The molecule has 0 radical (unpaired) electrons. The minimum atomic E-state index is -0.411. The molecule has 1 aromatic rings. The molecule has 0 saturated carbocycles. The first-order valence-electron chi connectivity index (χ1n) is 5.85. The van der Waals surface area contributed by atoms with E-state index in [-0.39, 0.29) is 12.3 Å². The van der Waals surface area contributed by atoms with Gasteiger partial charge in [0.25, 0.3) is 5.70 Å².